The fourth-order valence-electron chi connectivity index (χ4n) is 2.32. The van der Waals surface area contributed by atoms with Crippen LogP contribution in [0.5, 0.6) is 0 Å². The van der Waals surface area contributed by atoms with Gasteiger partial charge in [-0.05, 0) is 32.8 Å². The number of rotatable bonds is 2. The number of aryl methyl sites for hydroxylation is 2. The number of likely N-dealkylation sites (tertiary alicyclic amines) is 1. The molecular formula is C13H20N6O. The molecule has 0 bridgehead atoms. The Labute approximate surface area is 118 Å². The van der Waals surface area contributed by atoms with Gasteiger partial charge in [-0.1, -0.05) is 0 Å². The number of primary amides is 1. The number of carbonyl (C=O) groups is 1. The summed E-state index contributed by atoms with van der Waals surface area (Å²) in [5.74, 6) is 0.462. The third-order valence-electron chi connectivity index (χ3n) is 3.41. The van der Waals surface area contributed by atoms with Crippen LogP contribution in [0.4, 0.5) is 5.95 Å². The molecule has 0 spiro atoms. The molecule has 1 fully saturated rings. The molecule has 7 heteroatoms. The molecule has 1 aromatic rings. The number of hydrogen-bond donors (Lipinski definition) is 2. The Morgan fingerprint density at radius 1 is 1.25 bits per heavy atom. The standard InChI is InChI=1S/C13H20N6O/c1-8-7-9(2)17-13(16-8)18-12(15)19-5-3-10(4-6-19)11(14)20/h7,10H,3-6H2,1-2H3,(H2,14,20)(H2,15,16,17,18). The molecule has 1 aliphatic rings. The largest absolute Gasteiger partial charge is 0.369 e. The highest BCUT2D eigenvalue weighted by Gasteiger charge is 2.24. The molecule has 1 aliphatic heterocycles. The monoisotopic (exact) mass is 276 g/mol. The van der Waals surface area contributed by atoms with Crippen molar-refractivity contribution >= 4 is 17.8 Å². The molecule has 4 N–H and O–H groups in total. The number of nitrogens with zero attached hydrogens (tertiary/aromatic N) is 4. The average molecular weight is 276 g/mol. The van der Waals surface area contributed by atoms with Crippen LogP contribution in [-0.2, 0) is 4.79 Å². The maximum atomic E-state index is 11.1. The van der Waals surface area contributed by atoms with Crippen molar-refractivity contribution in [2.45, 2.75) is 26.7 Å². The maximum Gasteiger partial charge on any atom is 0.253 e. The topological polar surface area (TPSA) is 110 Å². The Hall–Kier alpha value is -2.18. The smallest absolute Gasteiger partial charge is 0.253 e. The second-order valence-corrected chi connectivity index (χ2v) is 5.08. The first-order chi connectivity index (χ1) is 9.45. The van der Waals surface area contributed by atoms with E-state index in [4.69, 9.17) is 11.5 Å². The molecule has 2 rings (SSSR count). The minimum atomic E-state index is -0.238. The minimum absolute atomic E-state index is 0.0588. The van der Waals surface area contributed by atoms with E-state index in [0.29, 0.717) is 37.8 Å². The summed E-state index contributed by atoms with van der Waals surface area (Å²) in [5, 5.41) is 0. The fraction of sp³-hybridized carbons (Fsp3) is 0.538. The molecular weight excluding hydrogens is 256 g/mol. The molecule has 108 valence electrons. The van der Waals surface area contributed by atoms with Crippen molar-refractivity contribution in [1.29, 1.82) is 0 Å². The molecule has 7 nitrogen and oxygen atoms in total. The van der Waals surface area contributed by atoms with Crippen molar-refractivity contribution in [3.63, 3.8) is 0 Å². The van der Waals surface area contributed by atoms with Gasteiger partial charge in [0.1, 0.15) is 0 Å². The summed E-state index contributed by atoms with van der Waals surface area (Å²) in [6.07, 6.45) is 1.42. The van der Waals surface area contributed by atoms with Gasteiger partial charge in [0.15, 0.2) is 5.96 Å². The van der Waals surface area contributed by atoms with Crippen molar-refractivity contribution in [2.24, 2.45) is 22.4 Å². The molecule has 1 aromatic heterocycles. The molecule has 0 radical (unpaired) electrons. The lowest BCUT2D eigenvalue weighted by atomic mass is 9.96. The van der Waals surface area contributed by atoms with Gasteiger partial charge < -0.3 is 16.4 Å². The van der Waals surface area contributed by atoms with E-state index in [0.717, 1.165) is 11.4 Å². The minimum Gasteiger partial charge on any atom is -0.369 e. The quantitative estimate of drug-likeness (QED) is 0.593. The first kappa shape index (κ1) is 14.2. The highest BCUT2D eigenvalue weighted by Crippen LogP contribution is 2.17. The molecule has 0 aromatic carbocycles. The van der Waals surface area contributed by atoms with E-state index in [-0.39, 0.29) is 11.8 Å². The zero-order valence-corrected chi connectivity index (χ0v) is 11.8. The Bertz CT molecular complexity index is 513. The van der Waals surface area contributed by atoms with E-state index < -0.39 is 0 Å². The van der Waals surface area contributed by atoms with Gasteiger partial charge in [-0.15, -0.1) is 0 Å². The molecule has 0 aliphatic carbocycles. The number of guanidine groups is 1. The normalized spacial score (nSPS) is 17.3. The summed E-state index contributed by atoms with van der Waals surface area (Å²) in [7, 11) is 0. The highest BCUT2D eigenvalue weighted by atomic mass is 16.1. The Morgan fingerprint density at radius 3 is 2.30 bits per heavy atom. The fourth-order valence-corrected chi connectivity index (χ4v) is 2.32. The predicted molar refractivity (Wildman–Crippen MR) is 76.3 cm³/mol. The Kier molecular flexibility index (Phi) is 4.16. The van der Waals surface area contributed by atoms with Crippen LogP contribution in [0.2, 0.25) is 0 Å². The SMILES string of the molecule is Cc1cc(C)nc(N=C(N)N2CCC(C(N)=O)CC2)n1. The summed E-state index contributed by atoms with van der Waals surface area (Å²) in [6.45, 7) is 5.13. The maximum absolute atomic E-state index is 11.1. The van der Waals surface area contributed by atoms with E-state index in [1.165, 1.54) is 0 Å². The van der Waals surface area contributed by atoms with Crippen LogP contribution in [0.1, 0.15) is 24.2 Å². The zero-order chi connectivity index (χ0) is 14.7. The van der Waals surface area contributed by atoms with E-state index >= 15 is 0 Å². The zero-order valence-electron chi connectivity index (χ0n) is 11.8. The Balaban J connectivity index is 2.06. The van der Waals surface area contributed by atoms with Gasteiger partial charge in [0.2, 0.25) is 5.91 Å². The van der Waals surface area contributed by atoms with Crippen molar-refractivity contribution in [2.75, 3.05) is 13.1 Å². The van der Waals surface area contributed by atoms with Crippen LogP contribution >= 0.6 is 0 Å². The lowest BCUT2D eigenvalue weighted by Crippen LogP contribution is -2.45. The molecule has 0 saturated carbocycles. The first-order valence-electron chi connectivity index (χ1n) is 6.66. The van der Waals surface area contributed by atoms with Gasteiger partial charge in [-0.3, -0.25) is 4.79 Å². The summed E-state index contributed by atoms with van der Waals surface area (Å²) < 4.78 is 0. The van der Waals surface area contributed by atoms with Crippen LogP contribution < -0.4 is 11.5 Å². The second kappa shape index (κ2) is 5.85. The number of carbonyl (C=O) groups excluding carboxylic acids is 1. The van der Waals surface area contributed by atoms with E-state index in [1.807, 2.05) is 24.8 Å². The number of piperidine rings is 1. The molecule has 1 amide bonds. The van der Waals surface area contributed by atoms with Crippen molar-refractivity contribution in [3.8, 4) is 0 Å². The highest BCUT2D eigenvalue weighted by molar-refractivity contribution is 5.81. The lowest BCUT2D eigenvalue weighted by molar-refractivity contribution is -0.122. The van der Waals surface area contributed by atoms with Gasteiger partial charge in [0.05, 0.1) is 0 Å². The van der Waals surface area contributed by atoms with E-state index in [9.17, 15) is 4.79 Å². The van der Waals surface area contributed by atoms with Crippen molar-refractivity contribution in [1.82, 2.24) is 14.9 Å². The van der Waals surface area contributed by atoms with E-state index in [2.05, 4.69) is 15.0 Å². The third-order valence-corrected chi connectivity index (χ3v) is 3.41. The van der Waals surface area contributed by atoms with Crippen molar-refractivity contribution < 1.29 is 4.79 Å². The van der Waals surface area contributed by atoms with Gasteiger partial charge in [0, 0.05) is 30.4 Å². The number of aliphatic imine (C=N–C) groups is 1. The molecule has 2 heterocycles. The van der Waals surface area contributed by atoms with Crippen LogP contribution in [0.15, 0.2) is 11.1 Å². The molecule has 0 unspecified atom stereocenters. The van der Waals surface area contributed by atoms with Gasteiger partial charge in [0.25, 0.3) is 5.95 Å². The van der Waals surface area contributed by atoms with Crippen molar-refractivity contribution in [3.05, 3.63) is 17.5 Å². The summed E-state index contributed by atoms with van der Waals surface area (Å²) in [5.41, 5.74) is 13.0. The third kappa shape index (κ3) is 3.43. The molecule has 1 saturated heterocycles. The lowest BCUT2D eigenvalue weighted by Gasteiger charge is -2.31. The van der Waals surface area contributed by atoms with Crippen LogP contribution in [0.3, 0.4) is 0 Å². The summed E-state index contributed by atoms with van der Waals surface area (Å²) in [6, 6.07) is 1.88. The van der Waals surface area contributed by atoms with Gasteiger partial charge in [-0.25, -0.2) is 9.97 Å². The number of nitrogens with two attached hydrogens (primary N) is 2. The van der Waals surface area contributed by atoms with Crippen LogP contribution in [-0.4, -0.2) is 39.8 Å². The van der Waals surface area contributed by atoms with Crippen LogP contribution in [0.25, 0.3) is 0 Å². The number of aromatic nitrogens is 2. The molecule has 0 atom stereocenters. The number of hydrogen-bond acceptors (Lipinski definition) is 4. The summed E-state index contributed by atoms with van der Waals surface area (Å²) in [4.78, 5) is 25.8. The first-order valence-corrected chi connectivity index (χ1v) is 6.66. The summed E-state index contributed by atoms with van der Waals surface area (Å²) >= 11 is 0. The number of amides is 1. The Morgan fingerprint density at radius 2 is 1.80 bits per heavy atom. The van der Waals surface area contributed by atoms with Crippen LogP contribution in [0, 0.1) is 19.8 Å². The molecule has 20 heavy (non-hydrogen) atoms. The second-order valence-electron chi connectivity index (χ2n) is 5.08. The predicted octanol–water partition coefficient (Wildman–Crippen LogP) is 0.237. The van der Waals surface area contributed by atoms with E-state index in [1.54, 1.807) is 0 Å². The van der Waals surface area contributed by atoms with Gasteiger partial charge >= 0.3 is 0 Å². The van der Waals surface area contributed by atoms with Gasteiger partial charge in [-0.2, -0.15) is 4.99 Å². The average Bonchev–Trinajstić information content (AvgIpc) is 2.37.